The van der Waals surface area contributed by atoms with Crippen LogP contribution >= 0.6 is 11.3 Å². The fraction of sp³-hybridized carbons (Fsp3) is 0.250. The number of ether oxygens (including phenoxy) is 3. The van der Waals surface area contributed by atoms with Gasteiger partial charge in [0.1, 0.15) is 28.6 Å². The van der Waals surface area contributed by atoms with Crippen LogP contribution in [0.3, 0.4) is 0 Å². The number of benzene rings is 1. The lowest BCUT2D eigenvalue weighted by atomic mass is 10.1. The summed E-state index contributed by atoms with van der Waals surface area (Å²) >= 11 is 0.782. The molecule has 10 nitrogen and oxygen atoms in total. The van der Waals surface area contributed by atoms with E-state index in [9.17, 15) is 22.8 Å². The van der Waals surface area contributed by atoms with E-state index in [0.29, 0.717) is 5.56 Å². The summed E-state index contributed by atoms with van der Waals surface area (Å²) in [5, 5.41) is 0.917. The third-order valence-electron chi connectivity index (χ3n) is 4.11. The van der Waals surface area contributed by atoms with Crippen LogP contribution in [0.1, 0.15) is 36.7 Å². The van der Waals surface area contributed by atoms with Crippen LogP contribution in [-0.4, -0.2) is 47.1 Å². The van der Waals surface area contributed by atoms with Gasteiger partial charge in [-0.15, -0.1) is 11.3 Å². The van der Waals surface area contributed by atoms with E-state index in [1.807, 2.05) is 19.1 Å². The third kappa shape index (κ3) is 6.64. The molecule has 2 aromatic rings. The Kier molecular flexibility index (Phi) is 8.52. The zero-order valence-electron chi connectivity index (χ0n) is 17.5. The predicted octanol–water partition coefficient (Wildman–Crippen LogP) is 1.85. The molecule has 32 heavy (non-hydrogen) atoms. The number of esters is 3. The highest BCUT2D eigenvalue weighted by Gasteiger charge is 2.28. The van der Waals surface area contributed by atoms with Crippen LogP contribution in [0.2, 0.25) is 0 Å². The van der Waals surface area contributed by atoms with Crippen molar-refractivity contribution in [2.45, 2.75) is 13.5 Å². The summed E-state index contributed by atoms with van der Waals surface area (Å²) in [5.74, 6) is -2.53. The normalized spacial score (nSPS) is 11.3. The Labute approximate surface area is 189 Å². The van der Waals surface area contributed by atoms with Crippen molar-refractivity contribution in [1.29, 1.82) is 0 Å². The van der Waals surface area contributed by atoms with Gasteiger partial charge in [-0.3, -0.25) is 4.79 Å². The van der Waals surface area contributed by atoms with Crippen molar-refractivity contribution in [2.24, 2.45) is 0 Å². The van der Waals surface area contributed by atoms with Crippen molar-refractivity contribution >= 4 is 50.3 Å². The molecule has 1 aromatic heterocycles. The molecule has 0 radical (unpaired) electrons. The Bertz CT molecular complexity index is 1140. The minimum Gasteiger partial charge on any atom is -0.465 e. The van der Waals surface area contributed by atoms with Crippen LogP contribution in [0.25, 0.3) is 6.08 Å². The van der Waals surface area contributed by atoms with Gasteiger partial charge in [-0.2, -0.15) is 0 Å². The number of carbonyl (C=O) groups is 3. The first-order chi connectivity index (χ1) is 15.1. The van der Waals surface area contributed by atoms with E-state index in [2.05, 4.69) is 14.2 Å². The average Bonchev–Trinajstić information content (AvgIpc) is 3.11. The lowest BCUT2D eigenvalue weighted by Crippen LogP contribution is -2.29. The van der Waals surface area contributed by atoms with Crippen LogP contribution in [0, 0.1) is 6.92 Å². The minimum absolute atomic E-state index is 0.00903. The van der Waals surface area contributed by atoms with E-state index in [1.165, 1.54) is 6.08 Å². The van der Waals surface area contributed by atoms with Crippen LogP contribution in [0.4, 0.5) is 5.00 Å². The molecule has 0 fully saturated rings. The van der Waals surface area contributed by atoms with E-state index in [1.54, 1.807) is 12.1 Å². The Balaban J connectivity index is 2.04. The van der Waals surface area contributed by atoms with Crippen LogP contribution in [0.5, 0.6) is 0 Å². The number of methoxy groups -OCH3 is 2. The molecule has 0 atom stereocenters. The standard InChI is InChI=1S/C20H22N2O8S2/c1-12-4-6-13(7-5-12)8-9-32(26,27)22-10-15(23)30-11-14-16(19(24)28-2)18(21)31-17(14)20(25)29-3/h4-9,22H,10-11,21H2,1-3H3/b9-8+. The number of hydrogen-bond donors (Lipinski definition) is 2. The molecular formula is C20H22N2O8S2. The quantitative estimate of drug-likeness (QED) is 0.403. The first-order valence-electron chi connectivity index (χ1n) is 9.05. The average molecular weight is 483 g/mol. The molecular weight excluding hydrogens is 460 g/mol. The summed E-state index contributed by atoms with van der Waals surface area (Å²) < 4.78 is 40.6. The van der Waals surface area contributed by atoms with Gasteiger partial charge in [-0.1, -0.05) is 29.8 Å². The SMILES string of the molecule is COC(=O)c1sc(N)c(C(=O)OC)c1COC(=O)CNS(=O)(=O)/C=C/c1ccc(C)cc1. The van der Waals surface area contributed by atoms with Crippen molar-refractivity contribution in [3.05, 3.63) is 56.8 Å². The second-order valence-corrected chi connectivity index (χ2v) is 9.08. The van der Waals surface area contributed by atoms with Crippen molar-refractivity contribution in [3.63, 3.8) is 0 Å². The van der Waals surface area contributed by atoms with Crippen molar-refractivity contribution in [1.82, 2.24) is 4.72 Å². The molecule has 0 spiro atoms. The summed E-state index contributed by atoms with van der Waals surface area (Å²) in [7, 11) is -1.64. The topological polar surface area (TPSA) is 151 Å². The first-order valence-corrected chi connectivity index (χ1v) is 11.4. The number of nitrogens with one attached hydrogen (secondary N) is 1. The molecule has 0 aliphatic rings. The molecule has 0 bridgehead atoms. The Morgan fingerprint density at radius 2 is 1.72 bits per heavy atom. The van der Waals surface area contributed by atoms with Crippen LogP contribution in [-0.2, 0) is 35.6 Å². The highest BCUT2D eigenvalue weighted by atomic mass is 32.2. The molecule has 172 valence electrons. The van der Waals surface area contributed by atoms with Gasteiger partial charge < -0.3 is 19.9 Å². The lowest BCUT2D eigenvalue weighted by Gasteiger charge is -2.08. The van der Waals surface area contributed by atoms with Gasteiger partial charge in [0.2, 0.25) is 10.0 Å². The number of anilines is 1. The monoisotopic (exact) mass is 482 g/mol. The molecule has 3 N–H and O–H groups in total. The summed E-state index contributed by atoms with van der Waals surface area (Å²) in [6.07, 6.45) is 1.38. The van der Waals surface area contributed by atoms with Gasteiger partial charge in [0, 0.05) is 11.0 Å². The molecule has 0 amide bonds. The zero-order valence-corrected chi connectivity index (χ0v) is 19.2. The molecule has 12 heteroatoms. The van der Waals surface area contributed by atoms with E-state index in [0.717, 1.165) is 36.5 Å². The smallest absolute Gasteiger partial charge is 0.348 e. The van der Waals surface area contributed by atoms with Gasteiger partial charge >= 0.3 is 17.9 Å². The van der Waals surface area contributed by atoms with E-state index < -0.39 is 41.1 Å². The zero-order chi connectivity index (χ0) is 23.9. The largest absolute Gasteiger partial charge is 0.465 e. The van der Waals surface area contributed by atoms with Gasteiger partial charge in [0.15, 0.2) is 0 Å². The van der Waals surface area contributed by atoms with Gasteiger partial charge in [0.05, 0.1) is 14.2 Å². The highest BCUT2D eigenvalue weighted by molar-refractivity contribution is 7.92. The maximum atomic E-state index is 12.1. The molecule has 1 heterocycles. The van der Waals surface area contributed by atoms with Crippen LogP contribution in [0.15, 0.2) is 29.7 Å². The Morgan fingerprint density at radius 1 is 1.09 bits per heavy atom. The fourth-order valence-electron chi connectivity index (χ4n) is 2.46. The van der Waals surface area contributed by atoms with E-state index in [4.69, 9.17) is 10.5 Å². The molecule has 2 rings (SSSR count). The second-order valence-electron chi connectivity index (χ2n) is 6.37. The number of carbonyl (C=O) groups excluding carboxylic acids is 3. The Hall–Kier alpha value is -3.22. The number of aryl methyl sites for hydroxylation is 1. The maximum Gasteiger partial charge on any atom is 0.348 e. The van der Waals surface area contributed by atoms with Gasteiger partial charge in [0.25, 0.3) is 0 Å². The highest BCUT2D eigenvalue weighted by Crippen LogP contribution is 2.33. The number of nitrogen functional groups attached to an aromatic ring is 1. The summed E-state index contributed by atoms with van der Waals surface area (Å²) in [5.41, 5.74) is 7.39. The van der Waals surface area contributed by atoms with Crippen molar-refractivity contribution in [2.75, 3.05) is 26.5 Å². The lowest BCUT2D eigenvalue weighted by molar-refractivity contribution is -0.143. The molecule has 0 aliphatic heterocycles. The predicted molar refractivity (Wildman–Crippen MR) is 118 cm³/mol. The summed E-state index contributed by atoms with van der Waals surface area (Å²) in [6, 6.07) is 7.17. The summed E-state index contributed by atoms with van der Waals surface area (Å²) in [4.78, 5) is 36.0. The summed E-state index contributed by atoms with van der Waals surface area (Å²) in [6.45, 7) is 0.730. The van der Waals surface area contributed by atoms with E-state index >= 15 is 0 Å². The number of sulfonamides is 1. The number of hydrogen-bond acceptors (Lipinski definition) is 10. The van der Waals surface area contributed by atoms with Gasteiger partial charge in [-0.25, -0.2) is 22.7 Å². The molecule has 0 saturated carbocycles. The minimum atomic E-state index is -3.91. The van der Waals surface area contributed by atoms with Crippen molar-refractivity contribution < 1.29 is 37.0 Å². The molecule has 0 aliphatic carbocycles. The van der Waals surface area contributed by atoms with E-state index in [-0.39, 0.29) is 21.0 Å². The van der Waals surface area contributed by atoms with Gasteiger partial charge in [-0.05, 0) is 18.6 Å². The molecule has 1 aromatic carbocycles. The van der Waals surface area contributed by atoms with Crippen LogP contribution < -0.4 is 10.5 Å². The number of nitrogens with two attached hydrogens (primary N) is 1. The first kappa shape index (κ1) is 25.0. The fourth-order valence-corrected chi connectivity index (χ4v) is 4.19. The number of thiophene rings is 1. The maximum absolute atomic E-state index is 12.1. The van der Waals surface area contributed by atoms with Crippen molar-refractivity contribution in [3.8, 4) is 0 Å². The number of rotatable bonds is 9. The Morgan fingerprint density at radius 3 is 2.31 bits per heavy atom. The second kappa shape index (κ2) is 10.9. The molecule has 0 saturated heterocycles. The molecule has 0 unspecified atom stereocenters. The third-order valence-corrected chi connectivity index (χ3v) is 6.19.